The molecule has 0 aromatic heterocycles. The summed E-state index contributed by atoms with van der Waals surface area (Å²) >= 11 is 0. The van der Waals surface area contributed by atoms with E-state index >= 15 is 0 Å². The Morgan fingerprint density at radius 3 is 2.33 bits per heavy atom. The van der Waals surface area contributed by atoms with Gasteiger partial charge in [0.1, 0.15) is 5.75 Å². The molecule has 2 aromatic rings. The predicted molar refractivity (Wildman–Crippen MR) is 113 cm³/mol. The fraction of sp³-hybridized carbons (Fsp3) is 0.316. The third kappa shape index (κ3) is 6.60. The molecule has 0 amide bonds. The number of nitrogens with one attached hydrogen (secondary N) is 1. The minimum atomic E-state index is -4.37. The second kappa shape index (κ2) is 9.29. The summed E-state index contributed by atoms with van der Waals surface area (Å²) < 4.78 is 43.9. The molecule has 0 atom stereocenters. The van der Waals surface area contributed by atoms with Crippen LogP contribution in [0.2, 0.25) is 0 Å². The topological polar surface area (TPSA) is 59.6 Å². The lowest BCUT2D eigenvalue weighted by atomic mass is 9.84. The molecule has 0 bridgehead atoms. The number of nitrogens with two attached hydrogens (primary N) is 1. The summed E-state index contributed by atoms with van der Waals surface area (Å²) in [4.78, 5) is 4.28. The highest BCUT2D eigenvalue weighted by Gasteiger charge is 2.32. The minimum Gasteiger partial charge on any atom is -0.497 e. The first kappa shape index (κ1) is 23.1. The Labute approximate surface area is 174 Å². The van der Waals surface area contributed by atoms with Crippen LogP contribution in [0.4, 0.5) is 18.9 Å². The van der Waals surface area contributed by atoms with Crippen LogP contribution in [0.1, 0.15) is 25.0 Å². The third-order valence-electron chi connectivity index (χ3n) is 3.96. The zero-order valence-corrected chi connectivity index (χ0v) is 17.6. The Balaban J connectivity index is 0.00000364. The van der Waals surface area contributed by atoms with E-state index in [4.69, 9.17) is 10.5 Å². The molecule has 0 saturated heterocycles. The van der Waals surface area contributed by atoms with Gasteiger partial charge in [-0.25, -0.2) is 0 Å². The van der Waals surface area contributed by atoms with Gasteiger partial charge in [-0.2, -0.15) is 13.2 Å². The van der Waals surface area contributed by atoms with Crippen LogP contribution >= 0.6 is 24.0 Å². The number of ether oxygens (including phenoxy) is 1. The Morgan fingerprint density at radius 2 is 1.70 bits per heavy atom. The molecular formula is C19H23F3IN3O. The summed E-state index contributed by atoms with van der Waals surface area (Å²) in [5.41, 5.74) is 5.88. The molecule has 2 aromatic carbocycles. The molecule has 2 rings (SSSR count). The number of methoxy groups -OCH3 is 1. The van der Waals surface area contributed by atoms with Crippen LogP contribution in [0.15, 0.2) is 53.5 Å². The first-order valence-electron chi connectivity index (χ1n) is 8.00. The molecule has 4 nitrogen and oxygen atoms in total. The summed E-state index contributed by atoms with van der Waals surface area (Å²) in [6.07, 6.45) is -4.37. The summed E-state index contributed by atoms with van der Waals surface area (Å²) in [5, 5.41) is 2.94. The zero-order chi connectivity index (χ0) is 19.4. The molecule has 148 valence electrons. The van der Waals surface area contributed by atoms with Gasteiger partial charge in [0, 0.05) is 17.2 Å². The lowest BCUT2D eigenvalue weighted by Gasteiger charge is -2.24. The molecular weight excluding hydrogens is 470 g/mol. The van der Waals surface area contributed by atoms with Gasteiger partial charge in [-0.1, -0.05) is 38.1 Å². The average molecular weight is 493 g/mol. The van der Waals surface area contributed by atoms with E-state index in [0.717, 1.165) is 12.1 Å². The average Bonchev–Trinajstić information content (AvgIpc) is 2.60. The number of hydrogen-bond donors (Lipinski definition) is 2. The molecule has 0 fully saturated rings. The number of halogens is 4. The Morgan fingerprint density at radius 1 is 1.07 bits per heavy atom. The van der Waals surface area contributed by atoms with E-state index < -0.39 is 17.2 Å². The first-order valence-corrected chi connectivity index (χ1v) is 8.00. The summed E-state index contributed by atoms with van der Waals surface area (Å²) in [7, 11) is 1.56. The normalized spacial score (nSPS) is 12.3. The number of anilines is 1. The van der Waals surface area contributed by atoms with E-state index in [1.165, 1.54) is 6.07 Å². The fourth-order valence-electron chi connectivity index (χ4n) is 2.38. The van der Waals surface area contributed by atoms with Crippen molar-refractivity contribution in [3.05, 3.63) is 59.7 Å². The second-order valence-electron chi connectivity index (χ2n) is 6.52. The highest BCUT2D eigenvalue weighted by Crippen LogP contribution is 2.33. The van der Waals surface area contributed by atoms with Crippen LogP contribution in [-0.4, -0.2) is 19.6 Å². The van der Waals surface area contributed by atoms with E-state index in [2.05, 4.69) is 10.3 Å². The Bertz CT molecular complexity index is 792. The Kier molecular flexibility index (Phi) is 7.94. The van der Waals surface area contributed by atoms with E-state index in [1.807, 2.05) is 19.9 Å². The monoisotopic (exact) mass is 493 g/mol. The molecule has 0 unspecified atom stereocenters. The second-order valence-corrected chi connectivity index (χ2v) is 6.52. The van der Waals surface area contributed by atoms with Crippen molar-refractivity contribution in [1.82, 2.24) is 0 Å². The van der Waals surface area contributed by atoms with Gasteiger partial charge in [-0.05, 0) is 23.8 Å². The molecule has 8 heteroatoms. The molecule has 0 radical (unpaired) electrons. The molecule has 0 aliphatic carbocycles. The number of rotatable bonds is 5. The van der Waals surface area contributed by atoms with Crippen LogP contribution in [0.5, 0.6) is 5.75 Å². The number of benzene rings is 2. The predicted octanol–water partition coefficient (Wildman–Crippen LogP) is 5.04. The molecule has 0 aliphatic rings. The highest BCUT2D eigenvalue weighted by molar-refractivity contribution is 14.0. The van der Waals surface area contributed by atoms with Crippen molar-refractivity contribution < 1.29 is 17.9 Å². The van der Waals surface area contributed by atoms with Crippen LogP contribution in [0, 0.1) is 0 Å². The van der Waals surface area contributed by atoms with E-state index in [1.54, 1.807) is 31.4 Å². The van der Waals surface area contributed by atoms with Crippen molar-refractivity contribution in [3.8, 4) is 5.75 Å². The van der Waals surface area contributed by atoms with Gasteiger partial charge >= 0.3 is 6.18 Å². The van der Waals surface area contributed by atoms with Gasteiger partial charge in [0.05, 0.1) is 19.2 Å². The SMILES string of the molecule is COc1cccc(NC(N)=NCC(C)(C)c2cccc(C(F)(F)F)c2)c1.I. The molecule has 27 heavy (non-hydrogen) atoms. The maximum absolute atomic E-state index is 12.9. The van der Waals surface area contributed by atoms with Gasteiger partial charge in [-0.3, -0.25) is 4.99 Å². The van der Waals surface area contributed by atoms with Crippen molar-refractivity contribution >= 4 is 35.6 Å². The molecule has 0 saturated carbocycles. The van der Waals surface area contributed by atoms with Gasteiger partial charge in [0.15, 0.2) is 5.96 Å². The van der Waals surface area contributed by atoms with Crippen molar-refractivity contribution in [2.24, 2.45) is 10.7 Å². The van der Waals surface area contributed by atoms with Gasteiger partial charge in [0.25, 0.3) is 0 Å². The zero-order valence-electron chi connectivity index (χ0n) is 15.3. The lowest BCUT2D eigenvalue weighted by Crippen LogP contribution is -2.28. The van der Waals surface area contributed by atoms with Crippen molar-refractivity contribution in [3.63, 3.8) is 0 Å². The number of guanidine groups is 1. The molecule has 0 heterocycles. The summed E-state index contributed by atoms with van der Waals surface area (Å²) in [6, 6.07) is 12.5. The smallest absolute Gasteiger partial charge is 0.416 e. The summed E-state index contributed by atoms with van der Waals surface area (Å²) in [6.45, 7) is 3.88. The van der Waals surface area contributed by atoms with Gasteiger partial charge in [0.2, 0.25) is 0 Å². The fourth-order valence-corrected chi connectivity index (χ4v) is 2.38. The van der Waals surface area contributed by atoms with Crippen molar-refractivity contribution in [2.75, 3.05) is 19.0 Å². The molecule has 3 N–H and O–H groups in total. The summed E-state index contributed by atoms with van der Waals surface area (Å²) in [5.74, 6) is 0.852. The van der Waals surface area contributed by atoms with E-state index in [-0.39, 0.29) is 36.5 Å². The maximum Gasteiger partial charge on any atom is 0.416 e. The number of nitrogens with zero attached hydrogens (tertiary/aromatic N) is 1. The number of hydrogen-bond acceptors (Lipinski definition) is 2. The van der Waals surface area contributed by atoms with Crippen LogP contribution < -0.4 is 15.8 Å². The number of alkyl halides is 3. The largest absolute Gasteiger partial charge is 0.497 e. The first-order chi connectivity index (χ1) is 12.1. The van der Waals surface area contributed by atoms with Gasteiger partial charge in [-0.15, -0.1) is 24.0 Å². The van der Waals surface area contributed by atoms with Crippen LogP contribution in [0.3, 0.4) is 0 Å². The van der Waals surface area contributed by atoms with Crippen LogP contribution in [0.25, 0.3) is 0 Å². The van der Waals surface area contributed by atoms with E-state index in [9.17, 15) is 13.2 Å². The van der Waals surface area contributed by atoms with Crippen LogP contribution in [-0.2, 0) is 11.6 Å². The quantitative estimate of drug-likeness (QED) is 0.349. The molecule has 0 aliphatic heterocycles. The maximum atomic E-state index is 12.9. The number of aliphatic imine (C=N–C) groups is 1. The Hall–Kier alpha value is -1.97. The molecule has 0 spiro atoms. The highest BCUT2D eigenvalue weighted by atomic mass is 127. The van der Waals surface area contributed by atoms with Crippen molar-refractivity contribution in [1.29, 1.82) is 0 Å². The standard InChI is InChI=1S/C19H22F3N3O.HI/c1-18(2,13-6-4-7-14(10-13)19(20,21)22)12-24-17(23)25-15-8-5-9-16(11-15)26-3;/h4-11H,12H2,1-3H3,(H3,23,24,25);1H. The van der Waals surface area contributed by atoms with Gasteiger partial charge < -0.3 is 15.8 Å². The third-order valence-corrected chi connectivity index (χ3v) is 3.96. The lowest BCUT2D eigenvalue weighted by molar-refractivity contribution is -0.137. The van der Waals surface area contributed by atoms with E-state index in [0.29, 0.717) is 17.0 Å². The minimum absolute atomic E-state index is 0. The van der Waals surface area contributed by atoms with Crippen molar-refractivity contribution in [2.45, 2.75) is 25.4 Å².